The van der Waals surface area contributed by atoms with Crippen LogP contribution >= 0.6 is 0 Å². The number of nitrogens with zero attached hydrogens (tertiary/aromatic N) is 2. The zero-order valence-electron chi connectivity index (χ0n) is 12.3. The second-order valence-corrected chi connectivity index (χ2v) is 4.73. The molecule has 2 aliphatic heterocycles. The molecule has 2 fully saturated rings. The van der Waals surface area contributed by atoms with Crippen molar-refractivity contribution >= 4 is 23.6 Å². The number of likely N-dealkylation sites (N-methyl/N-ethyl adjacent to an activating group) is 1. The van der Waals surface area contributed by atoms with Gasteiger partial charge in [0.15, 0.2) is 6.04 Å². The molecule has 2 saturated heterocycles. The lowest BCUT2D eigenvalue weighted by Gasteiger charge is -2.34. The van der Waals surface area contributed by atoms with Crippen LogP contribution in [0.3, 0.4) is 0 Å². The molecule has 2 rings (SSSR count). The van der Waals surface area contributed by atoms with Crippen LogP contribution in [0.1, 0.15) is 6.92 Å². The topological polar surface area (TPSA) is 86.8 Å². The first-order valence-corrected chi connectivity index (χ1v) is 6.49. The lowest BCUT2D eigenvalue weighted by atomic mass is 10.1. The third-order valence-corrected chi connectivity index (χ3v) is 3.51. The van der Waals surface area contributed by atoms with Gasteiger partial charge in [0.05, 0.1) is 5.57 Å². The maximum absolute atomic E-state index is 12.4. The molecule has 4 amide bonds. The Morgan fingerprint density at radius 3 is 2.27 bits per heavy atom. The molecule has 0 radical (unpaired) electrons. The van der Waals surface area contributed by atoms with E-state index in [4.69, 9.17) is 0 Å². The average molecular weight is 301 g/mol. The van der Waals surface area contributed by atoms with Crippen molar-refractivity contribution in [2.75, 3.05) is 7.05 Å². The minimum Gasteiger partial charge on any atom is -0.310 e. The van der Waals surface area contributed by atoms with E-state index in [1.54, 1.807) is 6.92 Å². The molecule has 0 bridgehead atoms. The maximum Gasteiger partial charge on any atom is 0.262 e. The van der Waals surface area contributed by atoms with Crippen molar-refractivity contribution in [3.8, 4) is 0 Å². The summed E-state index contributed by atoms with van der Waals surface area (Å²) in [5, 5.41) is 2.37. The molecular weight excluding hydrogens is 286 g/mol. The first-order valence-electron chi connectivity index (χ1n) is 6.49. The van der Waals surface area contributed by atoms with Gasteiger partial charge in [0.25, 0.3) is 23.6 Å². The fourth-order valence-corrected chi connectivity index (χ4v) is 2.33. The van der Waals surface area contributed by atoms with Crippen LogP contribution in [0.4, 0.5) is 0 Å². The van der Waals surface area contributed by atoms with E-state index in [-0.39, 0.29) is 17.0 Å². The summed E-state index contributed by atoms with van der Waals surface area (Å²) in [6.07, 6.45) is 4.21. The standard InChI is InChI=1S/C15H15N3O4/c1-5-7-10-9(6-2)13(20)18(14(10)21)11-12(19)16-8(3)17(4)15(11)22/h5-7,11H,1,3H2,2,4H3,(H,16,19)/b9-6+,10-7+. The van der Waals surface area contributed by atoms with Crippen molar-refractivity contribution < 1.29 is 19.2 Å². The molecule has 0 aromatic rings. The normalized spacial score (nSPS) is 26.3. The summed E-state index contributed by atoms with van der Waals surface area (Å²) in [5.41, 5.74) is 0.243. The molecule has 2 aliphatic rings. The number of imide groups is 1. The van der Waals surface area contributed by atoms with Crippen molar-refractivity contribution in [1.29, 1.82) is 0 Å². The Bertz CT molecular complexity index is 687. The lowest BCUT2D eigenvalue weighted by Crippen LogP contribution is -2.62. The van der Waals surface area contributed by atoms with Crippen LogP contribution in [-0.4, -0.2) is 46.5 Å². The van der Waals surface area contributed by atoms with Gasteiger partial charge in [-0.25, -0.2) is 0 Å². The largest absolute Gasteiger partial charge is 0.310 e. The summed E-state index contributed by atoms with van der Waals surface area (Å²) in [6, 6.07) is -1.54. The summed E-state index contributed by atoms with van der Waals surface area (Å²) in [5.74, 6) is -2.74. The minimum atomic E-state index is -1.54. The quantitative estimate of drug-likeness (QED) is 0.436. The van der Waals surface area contributed by atoms with E-state index in [9.17, 15) is 19.2 Å². The number of nitrogens with one attached hydrogen (secondary N) is 1. The van der Waals surface area contributed by atoms with Gasteiger partial charge in [-0.1, -0.05) is 25.3 Å². The highest BCUT2D eigenvalue weighted by molar-refractivity contribution is 6.28. The van der Waals surface area contributed by atoms with Gasteiger partial charge in [-0.2, -0.15) is 0 Å². The van der Waals surface area contributed by atoms with Crippen LogP contribution in [0.25, 0.3) is 0 Å². The molecule has 1 N–H and O–H groups in total. The Hall–Kier alpha value is -2.96. The van der Waals surface area contributed by atoms with E-state index in [0.717, 1.165) is 4.90 Å². The molecule has 1 atom stereocenters. The SMILES string of the molecule is C=C/C=C1/C(=O)N(C2C(=O)NC(=C)N(C)C2=O)C(=O)/C1=C/C. The molecule has 7 nitrogen and oxygen atoms in total. The number of allylic oxidation sites excluding steroid dienone is 3. The number of rotatable bonds is 2. The van der Waals surface area contributed by atoms with E-state index in [1.165, 1.54) is 25.3 Å². The van der Waals surface area contributed by atoms with E-state index in [2.05, 4.69) is 18.5 Å². The Balaban J connectivity index is 2.50. The van der Waals surface area contributed by atoms with Gasteiger partial charge in [0.2, 0.25) is 0 Å². The highest BCUT2D eigenvalue weighted by atomic mass is 16.2. The van der Waals surface area contributed by atoms with E-state index in [0.29, 0.717) is 4.90 Å². The van der Waals surface area contributed by atoms with Gasteiger partial charge < -0.3 is 5.32 Å². The summed E-state index contributed by atoms with van der Waals surface area (Å²) in [6.45, 7) is 8.60. The number of carbonyl (C=O) groups excluding carboxylic acids is 4. The van der Waals surface area contributed by atoms with Gasteiger partial charge in [0, 0.05) is 12.6 Å². The molecule has 0 aromatic heterocycles. The Morgan fingerprint density at radius 1 is 1.14 bits per heavy atom. The molecule has 2 heterocycles. The van der Waals surface area contributed by atoms with Gasteiger partial charge in [-0.3, -0.25) is 29.0 Å². The van der Waals surface area contributed by atoms with Crippen LogP contribution in [0, 0.1) is 0 Å². The monoisotopic (exact) mass is 301 g/mol. The number of hydrogen-bond acceptors (Lipinski definition) is 4. The Kier molecular flexibility index (Phi) is 3.81. The molecule has 114 valence electrons. The predicted molar refractivity (Wildman–Crippen MR) is 77.7 cm³/mol. The molecule has 7 heteroatoms. The van der Waals surface area contributed by atoms with Crippen molar-refractivity contribution in [1.82, 2.24) is 15.1 Å². The van der Waals surface area contributed by atoms with Crippen LogP contribution in [0.15, 0.2) is 48.4 Å². The maximum atomic E-state index is 12.4. The van der Waals surface area contributed by atoms with E-state index >= 15 is 0 Å². The summed E-state index contributed by atoms with van der Waals surface area (Å²) in [4.78, 5) is 51.0. The second kappa shape index (κ2) is 5.44. The predicted octanol–water partition coefficient (Wildman–Crippen LogP) is -0.158. The molecule has 22 heavy (non-hydrogen) atoms. The molecular formula is C15H15N3O4. The third kappa shape index (κ3) is 2.07. The first kappa shape index (κ1) is 15.4. The van der Waals surface area contributed by atoms with Crippen molar-refractivity contribution in [3.05, 3.63) is 48.4 Å². The minimum absolute atomic E-state index is 0.0958. The van der Waals surface area contributed by atoms with Gasteiger partial charge in [0.1, 0.15) is 5.82 Å². The van der Waals surface area contributed by atoms with Crippen LogP contribution in [0.5, 0.6) is 0 Å². The van der Waals surface area contributed by atoms with Crippen molar-refractivity contribution in [2.45, 2.75) is 13.0 Å². The summed E-state index contributed by atoms with van der Waals surface area (Å²) >= 11 is 0. The second-order valence-electron chi connectivity index (χ2n) is 4.73. The Labute approximate surface area is 127 Å². The number of amides is 4. The van der Waals surface area contributed by atoms with Gasteiger partial charge >= 0.3 is 0 Å². The molecule has 0 aromatic carbocycles. The fraction of sp³-hybridized carbons (Fsp3) is 0.200. The van der Waals surface area contributed by atoms with Crippen molar-refractivity contribution in [3.63, 3.8) is 0 Å². The smallest absolute Gasteiger partial charge is 0.262 e. The zero-order valence-corrected chi connectivity index (χ0v) is 12.3. The highest BCUT2D eigenvalue weighted by Gasteiger charge is 2.50. The molecule has 0 saturated carbocycles. The van der Waals surface area contributed by atoms with E-state index < -0.39 is 29.7 Å². The molecule has 1 unspecified atom stereocenters. The average Bonchev–Trinajstić information content (AvgIpc) is 2.70. The van der Waals surface area contributed by atoms with E-state index in [1.807, 2.05) is 0 Å². The van der Waals surface area contributed by atoms with Gasteiger partial charge in [-0.15, -0.1) is 0 Å². The third-order valence-electron chi connectivity index (χ3n) is 3.51. The van der Waals surface area contributed by atoms with Crippen molar-refractivity contribution in [2.24, 2.45) is 0 Å². The molecule has 0 aliphatic carbocycles. The van der Waals surface area contributed by atoms with Crippen LogP contribution in [0.2, 0.25) is 0 Å². The zero-order chi connectivity index (χ0) is 16.6. The molecule has 0 spiro atoms. The van der Waals surface area contributed by atoms with Gasteiger partial charge in [-0.05, 0) is 13.0 Å². The number of likely N-dealkylation sites (tertiary alicyclic amines) is 1. The van der Waals surface area contributed by atoms with Crippen LogP contribution in [-0.2, 0) is 19.2 Å². The Morgan fingerprint density at radius 2 is 1.73 bits per heavy atom. The first-order chi connectivity index (χ1) is 10.3. The van der Waals surface area contributed by atoms with Crippen LogP contribution < -0.4 is 5.32 Å². The summed E-state index contributed by atoms with van der Waals surface area (Å²) in [7, 11) is 1.40. The lowest BCUT2D eigenvalue weighted by molar-refractivity contribution is -0.155. The fourth-order valence-electron chi connectivity index (χ4n) is 2.33. The number of carbonyl (C=O) groups is 4. The number of hydrogen-bond donors (Lipinski definition) is 1. The summed E-state index contributed by atoms with van der Waals surface area (Å²) < 4.78 is 0. The highest BCUT2D eigenvalue weighted by Crippen LogP contribution is 2.28.